The van der Waals surface area contributed by atoms with Crippen LogP contribution in [0.5, 0.6) is 0 Å². The molecule has 0 spiro atoms. The molecule has 3 heterocycles. The van der Waals surface area contributed by atoms with Crippen molar-refractivity contribution < 1.29 is 13.6 Å². The van der Waals surface area contributed by atoms with Crippen LogP contribution in [0.25, 0.3) is 22.3 Å². The van der Waals surface area contributed by atoms with E-state index in [9.17, 15) is 13.6 Å². The standard InChI is InChI=1S/C19H20F2N6O.ClH/c1-2-27-8-6-11(7-9-27)19(28)22-17-13-10-15(23-25-18(13)26-24-17)12-4-3-5-14(20)16(12)21;/h3-5,10-11H,2,6-9H2,1H3,(H2,22,24,25,26,28);1H. The zero-order valence-corrected chi connectivity index (χ0v) is 16.6. The summed E-state index contributed by atoms with van der Waals surface area (Å²) >= 11 is 0. The van der Waals surface area contributed by atoms with Gasteiger partial charge in [-0.1, -0.05) is 13.0 Å². The topological polar surface area (TPSA) is 86.8 Å². The van der Waals surface area contributed by atoms with Crippen LogP contribution in [0, 0.1) is 17.6 Å². The summed E-state index contributed by atoms with van der Waals surface area (Å²) in [5.41, 5.74) is 0.522. The molecule has 29 heavy (non-hydrogen) atoms. The summed E-state index contributed by atoms with van der Waals surface area (Å²) in [5, 5.41) is 18.0. The Bertz CT molecular complexity index is 1020. The molecule has 154 valence electrons. The molecule has 0 radical (unpaired) electrons. The summed E-state index contributed by atoms with van der Waals surface area (Å²) in [6, 6.07) is 5.41. The molecule has 10 heteroatoms. The van der Waals surface area contributed by atoms with E-state index in [1.165, 1.54) is 12.1 Å². The highest BCUT2D eigenvalue weighted by Gasteiger charge is 2.25. The predicted molar refractivity (Wildman–Crippen MR) is 108 cm³/mol. The van der Waals surface area contributed by atoms with E-state index in [4.69, 9.17) is 0 Å². The highest BCUT2D eigenvalue weighted by atomic mass is 35.5. The largest absolute Gasteiger partial charge is 0.308 e. The number of aromatic nitrogens is 4. The highest BCUT2D eigenvalue weighted by molar-refractivity contribution is 6.00. The predicted octanol–water partition coefficient (Wildman–Crippen LogP) is 3.39. The first-order chi connectivity index (χ1) is 13.6. The summed E-state index contributed by atoms with van der Waals surface area (Å²) in [5.74, 6) is -1.82. The van der Waals surface area contributed by atoms with Crippen molar-refractivity contribution >= 4 is 35.2 Å². The molecular formula is C19H21ClF2N6O. The number of fused-ring (bicyclic) bond motifs is 1. The Labute approximate surface area is 172 Å². The highest BCUT2D eigenvalue weighted by Crippen LogP contribution is 2.27. The van der Waals surface area contributed by atoms with Crippen LogP contribution >= 0.6 is 12.4 Å². The third-order valence-corrected chi connectivity index (χ3v) is 5.20. The van der Waals surface area contributed by atoms with Crippen LogP contribution in [-0.2, 0) is 4.79 Å². The Morgan fingerprint density at radius 3 is 2.76 bits per heavy atom. The van der Waals surface area contributed by atoms with Gasteiger partial charge in [0.25, 0.3) is 0 Å². The molecule has 2 N–H and O–H groups in total. The Hall–Kier alpha value is -2.65. The molecule has 3 aromatic rings. The number of carbonyl (C=O) groups excluding carboxylic acids is 1. The minimum Gasteiger partial charge on any atom is -0.308 e. The van der Waals surface area contributed by atoms with E-state index in [0.717, 1.165) is 38.5 Å². The molecule has 1 aromatic carbocycles. The number of nitrogens with one attached hydrogen (secondary N) is 2. The second-order valence-corrected chi connectivity index (χ2v) is 6.86. The first-order valence-corrected chi connectivity index (χ1v) is 9.26. The van der Waals surface area contributed by atoms with E-state index < -0.39 is 11.6 Å². The molecule has 4 rings (SSSR count). The second kappa shape index (κ2) is 8.79. The number of hydrogen-bond acceptors (Lipinski definition) is 5. The minimum absolute atomic E-state index is 0. The number of likely N-dealkylation sites (tertiary alicyclic amines) is 1. The first kappa shape index (κ1) is 21.1. The molecule has 1 amide bonds. The molecule has 0 unspecified atom stereocenters. The van der Waals surface area contributed by atoms with Crippen LogP contribution in [-0.4, -0.2) is 50.8 Å². The van der Waals surface area contributed by atoms with Gasteiger partial charge in [0.05, 0.1) is 11.1 Å². The fourth-order valence-corrected chi connectivity index (χ4v) is 3.48. The molecule has 0 aliphatic carbocycles. The molecule has 0 saturated carbocycles. The molecule has 1 saturated heterocycles. The third kappa shape index (κ3) is 4.20. The number of nitrogens with zero attached hydrogens (tertiary/aromatic N) is 4. The molecule has 1 fully saturated rings. The Balaban J connectivity index is 0.00000240. The minimum atomic E-state index is -0.993. The molecular weight excluding hydrogens is 402 g/mol. The van der Waals surface area contributed by atoms with Crippen LogP contribution in [0.4, 0.5) is 14.6 Å². The van der Waals surface area contributed by atoms with Gasteiger partial charge < -0.3 is 10.2 Å². The number of anilines is 1. The van der Waals surface area contributed by atoms with Gasteiger partial charge in [-0.25, -0.2) is 8.78 Å². The van der Waals surface area contributed by atoms with Crippen LogP contribution in [0.1, 0.15) is 19.8 Å². The molecule has 0 atom stereocenters. The number of rotatable bonds is 4. The van der Waals surface area contributed by atoms with Crippen molar-refractivity contribution in [2.45, 2.75) is 19.8 Å². The fourth-order valence-electron chi connectivity index (χ4n) is 3.48. The maximum Gasteiger partial charge on any atom is 0.228 e. The fraction of sp³-hybridized carbons (Fsp3) is 0.368. The Morgan fingerprint density at radius 1 is 1.28 bits per heavy atom. The van der Waals surface area contributed by atoms with Gasteiger partial charge in [-0.05, 0) is 50.7 Å². The number of benzene rings is 1. The van der Waals surface area contributed by atoms with Crippen molar-refractivity contribution in [2.24, 2.45) is 5.92 Å². The Kier molecular flexibility index (Phi) is 6.39. The summed E-state index contributed by atoms with van der Waals surface area (Å²) in [4.78, 5) is 14.9. The number of carbonyl (C=O) groups is 1. The van der Waals surface area contributed by atoms with Gasteiger partial charge in [-0.3, -0.25) is 9.89 Å². The van der Waals surface area contributed by atoms with E-state index >= 15 is 0 Å². The summed E-state index contributed by atoms with van der Waals surface area (Å²) in [7, 11) is 0. The second-order valence-electron chi connectivity index (χ2n) is 6.86. The molecule has 7 nitrogen and oxygen atoms in total. The smallest absolute Gasteiger partial charge is 0.228 e. The van der Waals surface area contributed by atoms with Crippen molar-refractivity contribution in [3.8, 4) is 11.3 Å². The SMILES string of the molecule is CCN1CCC(C(=O)Nc2n[nH]c3nnc(-c4cccc(F)c4F)cc23)CC1.Cl. The van der Waals surface area contributed by atoms with E-state index in [-0.39, 0.29) is 35.5 Å². The van der Waals surface area contributed by atoms with Crippen LogP contribution < -0.4 is 5.32 Å². The van der Waals surface area contributed by atoms with E-state index in [0.29, 0.717) is 16.9 Å². The van der Waals surface area contributed by atoms with E-state index in [1.807, 2.05) is 0 Å². The van der Waals surface area contributed by atoms with Crippen LogP contribution in [0.2, 0.25) is 0 Å². The summed E-state index contributed by atoms with van der Waals surface area (Å²) in [6.45, 7) is 4.88. The summed E-state index contributed by atoms with van der Waals surface area (Å²) < 4.78 is 27.6. The van der Waals surface area contributed by atoms with E-state index in [1.54, 1.807) is 6.07 Å². The summed E-state index contributed by atoms with van der Waals surface area (Å²) in [6.07, 6.45) is 1.59. The zero-order valence-electron chi connectivity index (χ0n) is 15.8. The number of H-pyrrole nitrogens is 1. The van der Waals surface area contributed by atoms with Gasteiger partial charge in [-0.2, -0.15) is 5.10 Å². The van der Waals surface area contributed by atoms with Crippen LogP contribution in [0.3, 0.4) is 0 Å². The van der Waals surface area contributed by atoms with E-state index in [2.05, 4.69) is 37.5 Å². The molecule has 2 aromatic heterocycles. The average Bonchev–Trinajstić information content (AvgIpc) is 3.12. The van der Waals surface area contributed by atoms with Crippen molar-refractivity contribution in [1.29, 1.82) is 0 Å². The number of piperidine rings is 1. The maximum absolute atomic E-state index is 14.1. The van der Waals surface area contributed by atoms with Crippen molar-refractivity contribution in [3.05, 3.63) is 35.9 Å². The number of aromatic amines is 1. The quantitative estimate of drug-likeness (QED) is 0.673. The normalized spacial score (nSPS) is 15.3. The van der Waals surface area contributed by atoms with Crippen molar-refractivity contribution in [1.82, 2.24) is 25.3 Å². The van der Waals surface area contributed by atoms with Crippen molar-refractivity contribution in [2.75, 3.05) is 25.0 Å². The number of amides is 1. The lowest BCUT2D eigenvalue weighted by Crippen LogP contribution is -2.38. The van der Waals surface area contributed by atoms with Gasteiger partial charge in [0.15, 0.2) is 23.1 Å². The molecule has 1 aliphatic rings. The zero-order chi connectivity index (χ0) is 19.7. The lowest BCUT2D eigenvalue weighted by atomic mass is 9.96. The molecule has 1 aliphatic heterocycles. The monoisotopic (exact) mass is 422 g/mol. The van der Waals surface area contributed by atoms with Gasteiger partial charge in [-0.15, -0.1) is 22.6 Å². The number of hydrogen-bond donors (Lipinski definition) is 2. The average molecular weight is 423 g/mol. The maximum atomic E-state index is 14.1. The first-order valence-electron chi connectivity index (χ1n) is 9.26. The van der Waals surface area contributed by atoms with Crippen LogP contribution in [0.15, 0.2) is 24.3 Å². The van der Waals surface area contributed by atoms with Gasteiger partial charge >= 0.3 is 0 Å². The lowest BCUT2D eigenvalue weighted by Gasteiger charge is -2.30. The van der Waals surface area contributed by atoms with Gasteiger partial charge in [0, 0.05) is 11.5 Å². The van der Waals surface area contributed by atoms with Gasteiger partial charge in [0.1, 0.15) is 0 Å². The Morgan fingerprint density at radius 2 is 2.03 bits per heavy atom. The molecule has 0 bridgehead atoms. The number of halogens is 3. The lowest BCUT2D eigenvalue weighted by molar-refractivity contribution is -0.121. The van der Waals surface area contributed by atoms with Gasteiger partial charge in [0.2, 0.25) is 5.91 Å². The third-order valence-electron chi connectivity index (χ3n) is 5.20. The van der Waals surface area contributed by atoms with Crippen molar-refractivity contribution in [3.63, 3.8) is 0 Å².